The van der Waals surface area contributed by atoms with Gasteiger partial charge in [0.15, 0.2) is 11.9 Å². The summed E-state index contributed by atoms with van der Waals surface area (Å²) in [6.07, 6.45) is 2.98. The highest BCUT2D eigenvalue weighted by atomic mass is 32.2. The number of hydrogen-bond donors (Lipinski definition) is 1. The van der Waals surface area contributed by atoms with Gasteiger partial charge in [-0.3, -0.25) is 9.59 Å². The number of aryl methyl sites for hydroxylation is 3. The lowest BCUT2D eigenvalue weighted by atomic mass is 10.1. The van der Waals surface area contributed by atoms with Crippen LogP contribution in [0.2, 0.25) is 0 Å². The van der Waals surface area contributed by atoms with Gasteiger partial charge in [-0.25, -0.2) is 0 Å². The van der Waals surface area contributed by atoms with Crippen LogP contribution in [0.4, 0.5) is 5.82 Å². The van der Waals surface area contributed by atoms with Gasteiger partial charge in [-0.1, -0.05) is 18.1 Å². The van der Waals surface area contributed by atoms with Crippen LogP contribution in [0.15, 0.2) is 33.7 Å². The lowest BCUT2D eigenvalue weighted by molar-refractivity contribution is -0.151. The van der Waals surface area contributed by atoms with E-state index in [2.05, 4.69) is 22.6 Å². The Morgan fingerprint density at radius 1 is 1.31 bits per heavy atom. The number of benzene rings is 1. The molecule has 1 aromatic heterocycles. The quantitative estimate of drug-likeness (QED) is 0.590. The number of carbonyl (C=O) groups excluding carboxylic acids is 2. The zero-order chi connectivity index (χ0) is 18.5. The number of nitrogens with one attached hydrogen (secondary N) is 1. The van der Waals surface area contributed by atoms with Crippen molar-refractivity contribution in [1.29, 1.82) is 0 Å². The average molecular weight is 374 g/mol. The van der Waals surface area contributed by atoms with Gasteiger partial charge >= 0.3 is 5.97 Å². The molecule has 1 amide bonds. The smallest absolute Gasteiger partial charge is 0.317 e. The lowest BCUT2D eigenvalue weighted by Gasteiger charge is -2.15. The van der Waals surface area contributed by atoms with Crippen molar-refractivity contribution in [3.63, 3.8) is 0 Å². The van der Waals surface area contributed by atoms with Crippen LogP contribution in [0, 0.1) is 6.92 Å². The van der Waals surface area contributed by atoms with E-state index in [9.17, 15) is 9.59 Å². The number of rotatable bonds is 7. The molecule has 0 saturated carbocycles. The number of nitrogens with zero attached hydrogens (tertiary/aromatic N) is 1. The molecule has 2 aromatic rings. The van der Waals surface area contributed by atoms with Gasteiger partial charge in [0.2, 0.25) is 0 Å². The van der Waals surface area contributed by atoms with Crippen molar-refractivity contribution in [1.82, 2.24) is 5.16 Å². The zero-order valence-corrected chi connectivity index (χ0v) is 15.7. The summed E-state index contributed by atoms with van der Waals surface area (Å²) >= 11 is 1.43. The van der Waals surface area contributed by atoms with E-state index in [4.69, 9.17) is 9.26 Å². The molecule has 26 heavy (non-hydrogen) atoms. The van der Waals surface area contributed by atoms with Crippen LogP contribution in [0.3, 0.4) is 0 Å². The van der Waals surface area contributed by atoms with E-state index in [1.165, 1.54) is 29.3 Å². The van der Waals surface area contributed by atoms with Gasteiger partial charge in [0.05, 0.1) is 5.75 Å². The minimum absolute atomic E-state index is 0.172. The summed E-state index contributed by atoms with van der Waals surface area (Å²) in [6.45, 7) is 3.52. The molecule has 1 aliphatic carbocycles. The number of esters is 1. The standard InChI is InChI=1S/C19H22N2O4S/c1-3-16(19(23)20-17-9-12(2)25-21-17)24-18(22)11-26-15-8-7-13-5-4-6-14(13)10-15/h7-10,16H,3-6,11H2,1-2H3,(H,20,21,23). The van der Waals surface area contributed by atoms with Gasteiger partial charge in [-0.2, -0.15) is 0 Å². The Hall–Kier alpha value is -2.28. The van der Waals surface area contributed by atoms with Gasteiger partial charge < -0.3 is 14.6 Å². The molecule has 6 nitrogen and oxygen atoms in total. The van der Waals surface area contributed by atoms with Crippen LogP contribution in [-0.4, -0.2) is 28.9 Å². The second-order valence-electron chi connectivity index (χ2n) is 6.27. The third kappa shape index (κ3) is 4.66. The predicted molar refractivity (Wildman–Crippen MR) is 99.2 cm³/mol. The van der Waals surface area contributed by atoms with E-state index in [1.54, 1.807) is 19.9 Å². The molecule has 138 valence electrons. The third-order valence-electron chi connectivity index (χ3n) is 4.24. The predicted octanol–water partition coefficient (Wildman–Crippen LogP) is 3.52. The molecular weight excluding hydrogens is 352 g/mol. The fourth-order valence-electron chi connectivity index (χ4n) is 2.93. The molecule has 7 heteroatoms. The summed E-state index contributed by atoms with van der Waals surface area (Å²) in [4.78, 5) is 25.4. The van der Waals surface area contributed by atoms with Crippen molar-refractivity contribution in [3.05, 3.63) is 41.2 Å². The first-order chi connectivity index (χ1) is 12.5. The first kappa shape index (κ1) is 18.5. The first-order valence-corrected chi connectivity index (χ1v) is 9.72. The maximum Gasteiger partial charge on any atom is 0.317 e. The largest absolute Gasteiger partial charge is 0.452 e. The molecule has 1 heterocycles. The molecule has 0 radical (unpaired) electrons. The topological polar surface area (TPSA) is 81.4 Å². The highest BCUT2D eigenvalue weighted by Gasteiger charge is 2.22. The monoisotopic (exact) mass is 374 g/mol. The molecule has 0 aliphatic heterocycles. The number of thioether (sulfide) groups is 1. The van der Waals surface area contributed by atoms with Gasteiger partial charge in [0.25, 0.3) is 5.91 Å². The van der Waals surface area contributed by atoms with Crippen LogP contribution >= 0.6 is 11.8 Å². The molecule has 0 fully saturated rings. The molecule has 1 N–H and O–H groups in total. The van der Waals surface area contributed by atoms with E-state index in [0.29, 0.717) is 18.0 Å². The normalized spacial score (nSPS) is 13.9. The van der Waals surface area contributed by atoms with Crippen molar-refractivity contribution in [3.8, 4) is 0 Å². The fraction of sp³-hybridized carbons (Fsp3) is 0.421. The van der Waals surface area contributed by atoms with E-state index in [-0.39, 0.29) is 5.75 Å². The second kappa shape index (κ2) is 8.40. The van der Waals surface area contributed by atoms with Crippen molar-refractivity contribution >= 4 is 29.5 Å². The minimum atomic E-state index is -0.847. The molecule has 1 aliphatic rings. The first-order valence-electron chi connectivity index (χ1n) is 8.73. The van der Waals surface area contributed by atoms with E-state index >= 15 is 0 Å². The van der Waals surface area contributed by atoms with E-state index < -0.39 is 18.0 Å². The SMILES string of the molecule is CCC(OC(=O)CSc1ccc2c(c1)CCC2)C(=O)Nc1cc(C)on1. The minimum Gasteiger partial charge on any atom is -0.452 e. The number of carbonyl (C=O) groups is 2. The fourth-order valence-corrected chi connectivity index (χ4v) is 3.67. The van der Waals surface area contributed by atoms with Crippen LogP contribution in [0.5, 0.6) is 0 Å². The average Bonchev–Trinajstić information content (AvgIpc) is 3.25. The van der Waals surface area contributed by atoms with E-state index in [1.807, 2.05) is 6.07 Å². The summed E-state index contributed by atoms with van der Waals surface area (Å²) in [7, 11) is 0. The van der Waals surface area contributed by atoms with Crippen molar-refractivity contribution in [2.24, 2.45) is 0 Å². The number of anilines is 1. The number of amides is 1. The summed E-state index contributed by atoms with van der Waals surface area (Å²) < 4.78 is 10.2. The Labute approximate surface area is 156 Å². The zero-order valence-electron chi connectivity index (χ0n) is 14.9. The highest BCUT2D eigenvalue weighted by Crippen LogP contribution is 2.27. The van der Waals surface area contributed by atoms with Crippen LogP contribution in [0.25, 0.3) is 0 Å². The Morgan fingerprint density at radius 3 is 2.85 bits per heavy atom. The number of ether oxygens (including phenoxy) is 1. The molecule has 1 aromatic carbocycles. The van der Waals surface area contributed by atoms with Crippen molar-refractivity contribution < 1.29 is 18.8 Å². The summed E-state index contributed by atoms with van der Waals surface area (Å²) in [5.41, 5.74) is 2.78. The van der Waals surface area contributed by atoms with Gasteiger partial charge in [0, 0.05) is 11.0 Å². The molecule has 0 bridgehead atoms. The number of aromatic nitrogens is 1. The lowest BCUT2D eigenvalue weighted by Crippen LogP contribution is -2.32. The Balaban J connectivity index is 1.50. The molecule has 1 atom stereocenters. The van der Waals surface area contributed by atoms with Gasteiger partial charge in [-0.05, 0) is 55.9 Å². The number of hydrogen-bond acceptors (Lipinski definition) is 6. The molecule has 1 unspecified atom stereocenters. The summed E-state index contributed by atoms with van der Waals surface area (Å²) in [5, 5.41) is 6.30. The van der Waals surface area contributed by atoms with Gasteiger partial charge in [-0.15, -0.1) is 11.8 Å². The van der Waals surface area contributed by atoms with Crippen LogP contribution in [0.1, 0.15) is 36.7 Å². The Morgan fingerprint density at radius 2 is 2.12 bits per heavy atom. The molecular formula is C19H22N2O4S. The Kier molecular flexibility index (Phi) is 5.98. The van der Waals surface area contributed by atoms with Crippen LogP contribution < -0.4 is 5.32 Å². The third-order valence-corrected chi connectivity index (χ3v) is 5.21. The van der Waals surface area contributed by atoms with E-state index in [0.717, 1.165) is 17.7 Å². The maximum atomic E-state index is 12.2. The number of fused-ring (bicyclic) bond motifs is 1. The second-order valence-corrected chi connectivity index (χ2v) is 7.32. The van der Waals surface area contributed by atoms with Crippen molar-refractivity contribution in [2.75, 3.05) is 11.1 Å². The van der Waals surface area contributed by atoms with Crippen molar-refractivity contribution in [2.45, 2.75) is 50.5 Å². The molecule has 3 rings (SSSR count). The van der Waals surface area contributed by atoms with Gasteiger partial charge in [0.1, 0.15) is 5.76 Å². The molecule has 0 spiro atoms. The van der Waals surface area contributed by atoms with Crippen LogP contribution in [-0.2, 0) is 27.2 Å². The summed E-state index contributed by atoms with van der Waals surface area (Å²) in [6, 6.07) is 7.94. The Bertz CT molecular complexity index is 803. The highest BCUT2D eigenvalue weighted by molar-refractivity contribution is 8.00. The molecule has 0 saturated heterocycles. The summed E-state index contributed by atoms with van der Waals surface area (Å²) in [5.74, 6) is 0.266. The maximum absolute atomic E-state index is 12.2.